The summed E-state index contributed by atoms with van der Waals surface area (Å²) in [6.07, 6.45) is 2.02. The highest BCUT2D eigenvalue weighted by molar-refractivity contribution is 5.37. The Hall–Kier alpha value is -1.06. The summed E-state index contributed by atoms with van der Waals surface area (Å²) in [6.45, 7) is 5.77. The van der Waals surface area contributed by atoms with E-state index in [4.69, 9.17) is 14.2 Å². The molecule has 0 aromatic heterocycles. The maximum Gasteiger partial charge on any atom is 0.157 e. The van der Waals surface area contributed by atoms with Crippen LogP contribution in [0.3, 0.4) is 0 Å². The third kappa shape index (κ3) is 3.24. The van der Waals surface area contributed by atoms with Crippen LogP contribution in [-0.2, 0) is 9.47 Å². The van der Waals surface area contributed by atoms with Gasteiger partial charge in [0.15, 0.2) is 6.29 Å². The number of rotatable bonds is 5. The molecular weight excluding hydrogens is 228 g/mol. The molecule has 1 atom stereocenters. The van der Waals surface area contributed by atoms with E-state index < -0.39 is 0 Å². The molecule has 1 aromatic rings. The van der Waals surface area contributed by atoms with Crippen LogP contribution in [0.25, 0.3) is 0 Å². The molecule has 1 aliphatic heterocycles. The maximum absolute atomic E-state index is 5.46. The lowest BCUT2D eigenvalue weighted by Crippen LogP contribution is -2.09. The SMILES string of the molecule is COc1cc(C(C)CCC2OCCO2)ccc1C. The van der Waals surface area contributed by atoms with Crippen LogP contribution in [0.4, 0.5) is 0 Å². The van der Waals surface area contributed by atoms with Crippen molar-refractivity contribution in [2.45, 2.75) is 38.9 Å². The van der Waals surface area contributed by atoms with Crippen molar-refractivity contribution < 1.29 is 14.2 Å². The van der Waals surface area contributed by atoms with E-state index in [9.17, 15) is 0 Å². The van der Waals surface area contributed by atoms with E-state index in [0.717, 1.165) is 31.8 Å². The first kappa shape index (κ1) is 13.4. The summed E-state index contributed by atoms with van der Waals surface area (Å²) in [5, 5.41) is 0. The largest absolute Gasteiger partial charge is 0.496 e. The summed E-state index contributed by atoms with van der Waals surface area (Å²) >= 11 is 0. The molecule has 1 aliphatic rings. The van der Waals surface area contributed by atoms with Gasteiger partial charge < -0.3 is 14.2 Å². The van der Waals surface area contributed by atoms with Gasteiger partial charge >= 0.3 is 0 Å². The Labute approximate surface area is 109 Å². The highest BCUT2D eigenvalue weighted by Gasteiger charge is 2.17. The smallest absolute Gasteiger partial charge is 0.157 e. The van der Waals surface area contributed by atoms with Gasteiger partial charge in [-0.3, -0.25) is 0 Å². The number of hydrogen-bond acceptors (Lipinski definition) is 3. The van der Waals surface area contributed by atoms with Crippen molar-refractivity contribution in [1.29, 1.82) is 0 Å². The zero-order valence-corrected chi connectivity index (χ0v) is 11.4. The van der Waals surface area contributed by atoms with E-state index >= 15 is 0 Å². The number of benzene rings is 1. The third-order valence-corrected chi connectivity index (χ3v) is 3.53. The van der Waals surface area contributed by atoms with Crippen LogP contribution in [0.2, 0.25) is 0 Å². The predicted molar refractivity (Wildman–Crippen MR) is 71.1 cm³/mol. The van der Waals surface area contributed by atoms with Gasteiger partial charge in [-0.15, -0.1) is 0 Å². The Morgan fingerprint density at radius 2 is 2.06 bits per heavy atom. The van der Waals surface area contributed by atoms with E-state index in [0.29, 0.717) is 5.92 Å². The van der Waals surface area contributed by atoms with Crippen LogP contribution in [0, 0.1) is 6.92 Å². The van der Waals surface area contributed by atoms with Gasteiger partial charge in [-0.05, 0) is 42.9 Å². The molecule has 3 heteroatoms. The van der Waals surface area contributed by atoms with Crippen molar-refractivity contribution in [2.75, 3.05) is 20.3 Å². The van der Waals surface area contributed by atoms with Gasteiger partial charge in [0.25, 0.3) is 0 Å². The second-order valence-corrected chi connectivity index (χ2v) is 4.88. The fourth-order valence-corrected chi connectivity index (χ4v) is 2.27. The van der Waals surface area contributed by atoms with Crippen molar-refractivity contribution in [1.82, 2.24) is 0 Å². The van der Waals surface area contributed by atoms with Gasteiger partial charge in [0, 0.05) is 0 Å². The average molecular weight is 250 g/mol. The molecule has 1 heterocycles. The second kappa shape index (κ2) is 6.21. The van der Waals surface area contributed by atoms with Crippen LogP contribution in [0.5, 0.6) is 5.75 Å². The standard InChI is InChI=1S/C15H22O3/c1-11(5-7-15-17-8-9-18-15)13-6-4-12(2)14(10-13)16-3/h4,6,10-11,15H,5,7-9H2,1-3H3. The minimum atomic E-state index is -0.000191. The van der Waals surface area contributed by atoms with Crippen LogP contribution >= 0.6 is 0 Å². The summed E-state index contributed by atoms with van der Waals surface area (Å²) in [4.78, 5) is 0. The Kier molecular flexibility index (Phi) is 4.61. The minimum absolute atomic E-state index is 0.000191. The Balaban J connectivity index is 1.93. The first-order valence-corrected chi connectivity index (χ1v) is 6.58. The molecule has 0 aliphatic carbocycles. The van der Waals surface area contributed by atoms with Gasteiger partial charge in [0.1, 0.15) is 5.75 Å². The van der Waals surface area contributed by atoms with Crippen LogP contribution in [0.1, 0.15) is 36.8 Å². The zero-order chi connectivity index (χ0) is 13.0. The second-order valence-electron chi connectivity index (χ2n) is 4.88. The van der Waals surface area contributed by atoms with E-state index in [1.807, 2.05) is 0 Å². The molecular formula is C15H22O3. The number of methoxy groups -OCH3 is 1. The quantitative estimate of drug-likeness (QED) is 0.802. The monoisotopic (exact) mass is 250 g/mol. The first-order valence-electron chi connectivity index (χ1n) is 6.58. The number of aryl methyl sites for hydroxylation is 1. The summed E-state index contributed by atoms with van der Waals surface area (Å²) in [7, 11) is 1.72. The molecule has 18 heavy (non-hydrogen) atoms. The van der Waals surface area contributed by atoms with Crippen LogP contribution < -0.4 is 4.74 Å². The van der Waals surface area contributed by atoms with Crippen molar-refractivity contribution in [3.63, 3.8) is 0 Å². The molecule has 3 nitrogen and oxygen atoms in total. The molecule has 0 saturated carbocycles. The average Bonchev–Trinajstić information content (AvgIpc) is 2.89. The summed E-state index contributed by atoms with van der Waals surface area (Å²) < 4.78 is 16.3. The Morgan fingerprint density at radius 1 is 1.33 bits per heavy atom. The predicted octanol–water partition coefficient (Wildman–Crippen LogP) is 3.26. The topological polar surface area (TPSA) is 27.7 Å². The minimum Gasteiger partial charge on any atom is -0.496 e. The van der Waals surface area contributed by atoms with Crippen LogP contribution in [-0.4, -0.2) is 26.6 Å². The van der Waals surface area contributed by atoms with Crippen molar-refractivity contribution in [2.24, 2.45) is 0 Å². The number of ether oxygens (including phenoxy) is 3. The highest BCUT2D eigenvalue weighted by Crippen LogP contribution is 2.28. The fraction of sp³-hybridized carbons (Fsp3) is 0.600. The number of hydrogen-bond donors (Lipinski definition) is 0. The van der Waals surface area contributed by atoms with E-state index in [1.165, 1.54) is 11.1 Å². The fourth-order valence-electron chi connectivity index (χ4n) is 2.27. The van der Waals surface area contributed by atoms with Gasteiger partial charge in [-0.25, -0.2) is 0 Å². The molecule has 100 valence electrons. The summed E-state index contributed by atoms with van der Waals surface area (Å²) in [5.41, 5.74) is 2.49. The molecule has 0 spiro atoms. The maximum atomic E-state index is 5.46. The molecule has 0 N–H and O–H groups in total. The van der Waals surface area contributed by atoms with Gasteiger partial charge in [-0.2, -0.15) is 0 Å². The molecule has 1 unspecified atom stereocenters. The lowest BCUT2D eigenvalue weighted by Gasteiger charge is -2.16. The normalized spacial score (nSPS) is 17.9. The molecule has 0 amide bonds. The van der Waals surface area contributed by atoms with Crippen molar-refractivity contribution in [3.8, 4) is 5.75 Å². The van der Waals surface area contributed by atoms with E-state index in [2.05, 4.69) is 32.0 Å². The van der Waals surface area contributed by atoms with Gasteiger partial charge in [0.05, 0.1) is 20.3 Å². The first-order chi connectivity index (χ1) is 8.70. The summed E-state index contributed by atoms with van der Waals surface area (Å²) in [6, 6.07) is 6.43. The molecule has 0 radical (unpaired) electrons. The third-order valence-electron chi connectivity index (χ3n) is 3.53. The lowest BCUT2D eigenvalue weighted by molar-refractivity contribution is -0.0485. The highest BCUT2D eigenvalue weighted by atomic mass is 16.7. The molecule has 1 saturated heterocycles. The van der Waals surface area contributed by atoms with Gasteiger partial charge in [0.2, 0.25) is 0 Å². The van der Waals surface area contributed by atoms with Crippen LogP contribution in [0.15, 0.2) is 18.2 Å². The van der Waals surface area contributed by atoms with Crippen molar-refractivity contribution >= 4 is 0 Å². The van der Waals surface area contributed by atoms with E-state index in [-0.39, 0.29) is 6.29 Å². The molecule has 2 rings (SSSR count). The van der Waals surface area contributed by atoms with Gasteiger partial charge in [-0.1, -0.05) is 19.1 Å². The van der Waals surface area contributed by atoms with Crippen molar-refractivity contribution in [3.05, 3.63) is 29.3 Å². The zero-order valence-electron chi connectivity index (χ0n) is 11.4. The Morgan fingerprint density at radius 3 is 2.72 bits per heavy atom. The molecule has 1 fully saturated rings. The summed E-state index contributed by atoms with van der Waals surface area (Å²) in [5.74, 6) is 1.46. The lowest BCUT2D eigenvalue weighted by atomic mass is 9.95. The van der Waals surface area contributed by atoms with E-state index in [1.54, 1.807) is 7.11 Å². The molecule has 1 aromatic carbocycles. The Bertz CT molecular complexity index is 383. The molecule has 0 bridgehead atoms.